The van der Waals surface area contributed by atoms with Gasteiger partial charge in [-0.05, 0) is 119 Å². The number of nitrogens with zero attached hydrogens (tertiary/aromatic N) is 5. The van der Waals surface area contributed by atoms with Crippen molar-refractivity contribution in [2.24, 2.45) is 16.7 Å². The van der Waals surface area contributed by atoms with Gasteiger partial charge in [0.15, 0.2) is 5.78 Å². The molecular weight excluding hydrogens is 906 g/mol. The molecule has 10 rings (SSSR count). The van der Waals surface area contributed by atoms with Crippen LogP contribution >= 0.6 is 23.2 Å². The molecule has 0 amide bonds. The van der Waals surface area contributed by atoms with Gasteiger partial charge in [0.1, 0.15) is 11.5 Å². The van der Waals surface area contributed by atoms with Crippen molar-refractivity contribution in [2.75, 3.05) is 41.5 Å². The summed E-state index contributed by atoms with van der Waals surface area (Å²) in [6.45, 7) is 8.90. The third-order valence-corrected chi connectivity index (χ3v) is 17.7. The lowest BCUT2D eigenvalue weighted by molar-refractivity contribution is -0.154. The highest BCUT2D eigenvalue weighted by Crippen LogP contribution is 2.63. The van der Waals surface area contributed by atoms with Crippen LogP contribution in [0, 0.1) is 16.7 Å². The van der Waals surface area contributed by atoms with Gasteiger partial charge in [0.2, 0.25) is 0 Å². The molecule has 364 valence electrons. The number of nitrogens with one attached hydrogen (secondary N) is 2. The number of ether oxygens (including phenoxy) is 3. The number of likely N-dealkylation sites (N-methyl/N-ethyl adjacent to an activating group) is 2. The van der Waals surface area contributed by atoms with Crippen LogP contribution in [0.2, 0.25) is 10.0 Å². The number of hydrogen-bond acceptors (Lipinski definition) is 11. The fourth-order valence-corrected chi connectivity index (χ4v) is 14.4. The second-order valence-corrected chi connectivity index (χ2v) is 21.4. The van der Waals surface area contributed by atoms with Gasteiger partial charge in [-0.2, -0.15) is 0 Å². The molecule has 1 saturated carbocycles. The Bertz CT molecular complexity index is 2590. The van der Waals surface area contributed by atoms with Gasteiger partial charge in [-0.15, -0.1) is 0 Å². The SMILES string of the molecule is CCC12C(=O)C34C5C[C@H](Cc6ccc(Cl)cc6)N(C)C3[C@@H](COC)NC4[C@H](C)N(Cc3ccc(Cl)cc3Oc3ccc(-c4cnc(OC)nc4)cc3)C1C[C@@H](Cc1ccccc1)C2N(C)[C@@H](C)CN5. The number of ketones is 1. The Morgan fingerprint density at radius 3 is 2.22 bits per heavy atom. The maximum absolute atomic E-state index is 17.4. The topological polar surface area (TPSA) is 104 Å². The number of carbonyl (C=O) groups excluding carboxylic acids is 1. The van der Waals surface area contributed by atoms with E-state index in [1.54, 1.807) is 26.6 Å². The monoisotopic (exact) mass is 971 g/mol. The first-order valence-electron chi connectivity index (χ1n) is 24.8. The number of Topliss-reactive ketones (excluding diaryl/α,β-unsaturated/α-hetero) is 1. The maximum atomic E-state index is 17.4. The predicted molar refractivity (Wildman–Crippen MR) is 273 cm³/mol. The average Bonchev–Trinajstić information content (AvgIpc) is 3.87. The van der Waals surface area contributed by atoms with Crippen molar-refractivity contribution >= 4 is 29.0 Å². The minimum Gasteiger partial charge on any atom is -0.467 e. The summed E-state index contributed by atoms with van der Waals surface area (Å²) >= 11 is 13.2. The molecule has 5 heterocycles. The van der Waals surface area contributed by atoms with Crippen molar-refractivity contribution < 1.29 is 19.0 Å². The Balaban J connectivity index is 1.10. The number of carbonyl (C=O) groups is 1. The molecule has 2 N–H and O–H groups in total. The molecule has 1 spiro atoms. The minimum atomic E-state index is -0.780. The van der Waals surface area contributed by atoms with E-state index >= 15 is 4.79 Å². The number of aromatic nitrogens is 2. The van der Waals surface area contributed by atoms with E-state index in [0.717, 1.165) is 60.4 Å². The smallest absolute Gasteiger partial charge is 0.316 e. The van der Waals surface area contributed by atoms with Gasteiger partial charge in [-0.25, -0.2) is 9.97 Å². The van der Waals surface area contributed by atoms with E-state index in [-0.39, 0.29) is 60.3 Å². The van der Waals surface area contributed by atoms with Crippen LogP contribution in [0.15, 0.2) is 109 Å². The summed E-state index contributed by atoms with van der Waals surface area (Å²) in [6, 6.07) is 33.3. The normalized spacial score (nSPS) is 32.4. The summed E-state index contributed by atoms with van der Waals surface area (Å²) in [5.41, 5.74) is 3.92. The molecule has 0 radical (unpaired) electrons. The predicted octanol–water partition coefficient (Wildman–Crippen LogP) is 9.00. The second-order valence-electron chi connectivity index (χ2n) is 20.6. The van der Waals surface area contributed by atoms with Gasteiger partial charge < -0.3 is 24.8 Å². The molecular formula is C56H67Cl2N7O4. The van der Waals surface area contributed by atoms with Crippen LogP contribution in [-0.2, 0) is 28.9 Å². The van der Waals surface area contributed by atoms with Gasteiger partial charge >= 0.3 is 6.01 Å². The molecule has 4 aromatic carbocycles. The van der Waals surface area contributed by atoms with E-state index in [1.807, 2.05) is 48.5 Å². The van der Waals surface area contributed by atoms with Crippen molar-refractivity contribution in [1.82, 2.24) is 35.3 Å². The minimum absolute atomic E-state index is 0.00615. The fraction of sp³-hybridized carbons (Fsp3) is 0.482. The quantitative estimate of drug-likeness (QED) is 0.118. The third kappa shape index (κ3) is 8.38. The van der Waals surface area contributed by atoms with Crippen LogP contribution in [0.5, 0.6) is 17.5 Å². The molecule has 13 heteroatoms. The van der Waals surface area contributed by atoms with Gasteiger partial charge in [0, 0.05) is 108 Å². The summed E-state index contributed by atoms with van der Waals surface area (Å²) in [6.07, 6.45) is 7.72. The maximum Gasteiger partial charge on any atom is 0.316 e. The van der Waals surface area contributed by atoms with Crippen LogP contribution in [0.1, 0.15) is 56.7 Å². The van der Waals surface area contributed by atoms with Crippen molar-refractivity contribution in [3.05, 3.63) is 136 Å². The number of likely N-dealkylation sites (tertiary alicyclic amines) is 2. The van der Waals surface area contributed by atoms with Crippen molar-refractivity contribution in [3.63, 3.8) is 0 Å². The van der Waals surface area contributed by atoms with Gasteiger partial charge in [-0.3, -0.25) is 19.5 Å². The lowest BCUT2D eigenvalue weighted by Crippen LogP contribution is -2.73. The largest absolute Gasteiger partial charge is 0.467 e. The molecule has 1 aliphatic carbocycles. The van der Waals surface area contributed by atoms with E-state index in [1.165, 1.54) is 11.1 Å². The zero-order valence-electron chi connectivity index (χ0n) is 40.9. The summed E-state index contributed by atoms with van der Waals surface area (Å²) in [5, 5.41) is 9.78. The highest BCUT2D eigenvalue weighted by Gasteiger charge is 2.77. The van der Waals surface area contributed by atoms with E-state index < -0.39 is 10.8 Å². The van der Waals surface area contributed by atoms with E-state index in [9.17, 15) is 0 Å². The first-order valence-corrected chi connectivity index (χ1v) is 25.6. The number of rotatable bonds is 13. The molecule has 5 fully saturated rings. The lowest BCUT2D eigenvalue weighted by Gasteiger charge is -2.57. The van der Waals surface area contributed by atoms with Crippen LogP contribution < -0.4 is 20.1 Å². The molecule has 5 aliphatic rings. The molecule has 12 atom stereocenters. The Labute approximate surface area is 418 Å². The molecule has 5 aromatic rings. The number of piperidine rings is 1. The lowest BCUT2D eigenvalue weighted by atomic mass is 9.54. The Kier molecular flexibility index (Phi) is 13.7. The molecule has 11 nitrogen and oxygen atoms in total. The standard InChI is InChI=1S/C56H67Cl2N7O4/c1-8-55-49-26-40(24-36-12-10-9-11-13-36)51(55)63(4)34(2)29-59-48-28-44(25-37-14-19-42(57)20-15-37)64(5)52-46(33-67-6)62-50(56(48,52)53(55)66)35(3)65(49)32-39-16-21-43(58)27-47(39)69-45-22-17-38(18-23-45)41-30-60-54(68-7)61-31-41/h9-23,27,30-31,34-35,40,44,46,48-52,59,62H,8,24-26,28-29,32-33H2,1-7H3/t34-,35-,40+,44-,46+,48?,49?,50?,51?,52?,55?,56?/m0/s1. The number of methoxy groups -OCH3 is 2. The van der Waals surface area contributed by atoms with E-state index in [0.29, 0.717) is 41.5 Å². The number of hydrogen-bond donors (Lipinski definition) is 2. The first-order chi connectivity index (χ1) is 33.4. The van der Waals surface area contributed by atoms with Gasteiger partial charge in [0.05, 0.1) is 24.5 Å². The first kappa shape index (κ1) is 48.2. The summed E-state index contributed by atoms with van der Waals surface area (Å²) in [4.78, 5) is 33.9. The summed E-state index contributed by atoms with van der Waals surface area (Å²) in [7, 11) is 7.93. The highest BCUT2D eigenvalue weighted by molar-refractivity contribution is 6.31. The van der Waals surface area contributed by atoms with Crippen LogP contribution in [-0.4, -0.2) is 126 Å². The molecule has 2 bridgehead atoms. The fourth-order valence-electron chi connectivity index (χ4n) is 14.1. The molecule has 69 heavy (non-hydrogen) atoms. The van der Waals surface area contributed by atoms with Gasteiger partial charge in [-0.1, -0.05) is 90.8 Å². The van der Waals surface area contributed by atoms with Crippen molar-refractivity contribution in [2.45, 2.75) is 114 Å². The summed E-state index contributed by atoms with van der Waals surface area (Å²) in [5.74, 6) is 2.03. The Hall–Kier alpha value is -4.43. The Morgan fingerprint density at radius 1 is 0.812 bits per heavy atom. The van der Waals surface area contributed by atoms with E-state index in [4.69, 9.17) is 37.4 Å². The molecule has 7 unspecified atom stereocenters. The summed E-state index contributed by atoms with van der Waals surface area (Å²) < 4.78 is 18.1. The van der Waals surface area contributed by atoms with E-state index in [2.05, 4.69) is 119 Å². The second kappa shape index (κ2) is 19.6. The molecule has 4 aliphatic heterocycles. The van der Waals surface area contributed by atoms with Crippen LogP contribution in [0.3, 0.4) is 0 Å². The van der Waals surface area contributed by atoms with Crippen LogP contribution in [0.4, 0.5) is 0 Å². The third-order valence-electron chi connectivity index (χ3n) is 17.3. The molecule has 4 saturated heterocycles. The van der Waals surface area contributed by atoms with Crippen molar-refractivity contribution in [3.8, 4) is 28.6 Å². The van der Waals surface area contributed by atoms with Crippen molar-refractivity contribution in [1.29, 1.82) is 0 Å². The zero-order valence-corrected chi connectivity index (χ0v) is 42.5. The molecule has 1 aromatic heterocycles. The number of halogens is 2. The zero-order chi connectivity index (χ0) is 48.2. The highest BCUT2D eigenvalue weighted by atomic mass is 35.5. The van der Waals surface area contributed by atoms with Crippen LogP contribution in [0.25, 0.3) is 11.1 Å². The van der Waals surface area contributed by atoms with Gasteiger partial charge in [0.25, 0.3) is 0 Å². The average molecular weight is 973 g/mol. The Morgan fingerprint density at radius 2 is 1.52 bits per heavy atom. The number of benzene rings is 4.